The molecule has 2 rings (SSSR count). The fourth-order valence-corrected chi connectivity index (χ4v) is 2.06. The van der Waals surface area contributed by atoms with Crippen molar-refractivity contribution in [3.8, 4) is 0 Å². The van der Waals surface area contributed by atoms with E-state index < -0.39 is 0 Å². The average Bonchev–Trinajstić information content (AvgIpc) is 2.29. The zero-order valence-electron chi connectivity index (χ0n) is 11.1. The smallest absolute Gasteiger partial charge is 0.123 e. The Morgan fingerprint density at radius 3 is 2.78 bits per heavy atom. The maximum atomic E-state index is 13.3. The van der Waals surface area contributed by atoms with Crippen molar-refractivity contribution in [3.63, 3.8) is 0 Å². The summed E-state index contributed by atoms with van der Waals surface area (Å²) in [5.74, 6) is 0.397. The molecule has 0 aliphatic rings. The van der Waals surface area contributed by atoms with Gasteiger partial charge >= 0.3 is 0 Å². The Morgan fingerprint density at radius 1 is 1.28 bits per heavy atom. The van der Waals surface area contributed by atoms with Crippen molar-refractivity contribution in [2.24, 2.45) is 5.92 Å². The first-order valence-electron chi connectivity index (χ1n) is 6.33. The van der Waals surface area contributed by atoms with Gasteiger partial charge in [-0.1, -0.05) is 13.8 Å². The molecular weight excluding hydrogens is 227 g/mol. The Balaban J connectivity index is 2.32. The Kier molecular flexibility index (Phi) is 3.92. The summed E-state index contributed by atoms with van der Waals surface area (Å²) in [5, 5.41) is 4.29. The summed E-state index contributed by atoms with van der Waals surface area (Å²) < 4.78 is 13.3. The lowest BCUT2D eigenvalue weighted by Crippen LogP contribution is -2.19. The van der Waals surface area contributed by atoms with Crippen molar-refractivity contribution in [2.45, 2.75) is 27.3 Å². The lowest BCUT2D eigenvalue weighted by Gasteiger charge is -2.11. The van der Waals surface area contributed by atoms with Crippen molar-refractivity contribution in [2.75, 3.05) is 6.54 Å². The third-order valence-electron chi connectivity index (χ3n) is 2.85. The van der Waals surface area contributed by atoms with Gasteiger partial charge in [0.15, 0.2) is 0 Å². The van der Waals surface area contributed by atoms with Crippen LogP contribution in [0.3, 0.4) is 0 Å². The average molecular weight is 246 g/mol. The van der Waals surface area contributed by atoms with Gasteiger partial charge < -0.3 is 5.32 Å². The summed E-state index contributed by atoms with van der Waals surface area (Å²) in [6.45, 7) is 8.01. The number of aryl methyl sites for hydroxylation is 1. The van der Waals surface area contributed by atoms with Crippen LogP contribution < -0.4 is 5.32 Å². The van der Waals surface area contributed by atoms with E-state index in [2.05, 4.69) is 24.1 Å². The summed E-state index contributed by atoms with van der Waals surface area (Å²) in [7, 11) is 0. The summed E-state index contributed by atoms with van der Waals surface area (Å²) in [6.07, 6.45) is 0. The standard InChI is InChI=1S/C15H19FN2/c1-10(2)8-17-9-12-6-11(3)18-15-5-4-13(16)7-14(12)15/h4-7,10,17H,8-9H2,1-3H3. The molecule has 3 heteroatoms. The molecule has 0 spiro atoms. The van der Waals surface area contributed by atoms with E-state index in [0.29, 0.717) is 5.92 Å². The van der Waals surface area contributed by atoms with Crippen LogP contribution in [0.15, 0.2) is 24.3 Å². The molecule has 1 heterocycles. The third kappa shape index (κ3) is 3.05. The van der Waals surface area contributed by atoms with Crippen molar-refractivity contribution in [1.29, 1.82) is 0 Å². The van der Waals surface area contributed by atoms with E-state index in [-0.39, 0.29) is 5.82 Å². The molecule has 0 radical (unpaired) electrons. The summed E-state index contributed by atoms with van der Waals surface area (Å²) in [4.78, 5) is 4.43. The van der Waals surface area contributed by atoms with Crippen LogP contribution in [0, 0.1) is 18.7 Å². The fourth-order valence-electron chi connectivity index (χ4n) is 2.06. The molecule has 2 aromatic rings. The number of fused-ring (bicyclic) bond motifs is 1. The van der Waals surface area contributed by atoms with Crippen molar-refractivity contribution in [3.05, 3.63) is 41.3 Å². The van der Waals surface area contributed by atoms with Gasteiger partial charge in [-0.3, -0.25) is 4.98 Å². The quantitative estimate of drug-likeness (QED) is 0.894. The van der Waals surface area contributed by atoms with Gasteiger partial charge in [-0.25, -0.2) is 4.39 Å². The molecule has 0 aliphatic carbocycles. The molecule has 1 N–H and O–H groups in total. The number of halogens is 1. The highest BCUT2D eigenvalue weighted by Gasteiger charge is 2.05. The molecule has 0 fully saturated rings. The maximum Gasteiger partial charge on any atom is 0.123 e. The SMILES string of the molecule is Cc1cc(CNCC(C)C)c2cc(F)ccc2n1. The minimum Gasteiger partial charge on any atom is -0.312 e. The topological polar surface area (TPSA) is 24.9 Å². The van der Waals surface area contributed by atoms with Gasteiger partial charge in [-0.2, -0.15) is 0 Å². The molecule has 0 aliphatic heterocycles. The summed E-state index contributed by atoms with van der Waals surface area (Å²) in [6, 6.07) is 6.78. The van der Waals surface area contributed by atoms with Gasteiger partial charge in [-0.05, 0) is 49.2 Å². The predicted octanol–water partition coefficient (Wildman–Crippen LogP) is 3.43. The summed E-state index contributed by atoms with van der Waals surface area (Å²) >= 11 is 0. The van der Waals surface area contributed by atoms with Crippen molar-refractivity contribution in [1.82, 2.24) is 10.3 Å². The van der Waals surface area contributed by atoms with E-state index >= 15 is 0 Å². The third-order valence-corrected chi connectivity index (χ3v) is 2.85. The van der Waals surface area contributed by atoms with Crippen LogP contribution in [0.5, 0.6) is 0 Å². The monoisotopic (exact) mass is 246 g/mol. The maximum absolute atomic E-state index is 13.3. The van der Waals surface area contributed by atoms with Crippen LogP contribution in [-0.2, 0) is 6.54 Å². The molecule has 0 atom stereocenters. The molecule has 2 nitrogen and oxygen atoms in total. The van der Waals surface area contributed by atoms with Crippen LogP contribution in [0.1, 0.15) is 25.1 Å². The number of nitrogens with zero attached hydrogens (tertiary/aromatic N) is 1. The highest BCUT2D eigenvalue weighted by molar-refractivity contribution is 5.82. The van der Waals surface area contributed by atoms with Gasteiger partial charge in [0, 0.05) is 17.6 Å². The second kappa shape index (κ2) is 5.44. The first kappa shape index (κ1) is 13.0. The Bertz CT molecular complexity index is 549. The van der Waals surface area contributed by atoms with Crippen LogP contribution in [0.4, 0.5) is 4.39 Å². The summed E-state index contributed by atoms with van der Waals surface area (Å²) in [5.41, 5.74) is 2.94. The van der Waals surface area contributed by atoms with Crippen molar-refractivity contribution < 1.29 is 4.39 Å². The fraction of sp³-hybridized carbons (Fsp3) is 0.400. The predicted molar refractivity (Wildman–Crippen MR) is 73.0 cm³/mol. The molecule has 96 valence electrons. The molecule has 1 aromatic heterocycles. The minimum atomic E-state index is -0.210. The van der Waals surface area contributed by atoms with Crippen LogP contribution in [-0.4, -0.2) is 11.5 Å². The van der Waals surface area contributed by atoms with Gasteiger partial charge in [-0.15, -0.1) is 0 Å². The number of pyridine rings is 1. The first-order chi connectivity index (χ1) is 8.56. The lowest BCUT2D eigenvalue weighted by atomic mass is 10.1. The minimum absolute atomic E-state index is 0.210. The zero-order valence-corrected chi connectivity index (χ0v) is 11.1. The van der Waals surface area contributed by atoms with Gasteiger partial charge in [0.25, 0.3) is 0 Å². The zero-order chi connectivity index (χ0) is 13.1. The van der Waals surface area contributed by atoms with E-state index in [1.807, 2.05) is 13.0 Å². The highest BCUT2D eigenvalue weighted by Crippen LogP contribution is 2.19. The molecule has 0 saturated heterocycles. The van der Waals surface area contributed by atoms with Crippen LogP contribution in [0.2, 0.25) is 0 Å². The largest absolute Gasteiger partial charge is 0.312 e. The first-order valence-corrected chi connectivity index (χ1v) is 6.33. The molecule has 0 bridgehead atoms. The number of nitrogens with one attached hydrogen (secondary N) is 1. The molecular formula is C15H19FN2. The molecule has 0 amide bonds. The molecule has 1 aromatic carbocycles. The van der Waals surface area contributed by atoms with Gasteiger partial charge in [0.2, 0.25) is 0 Å². The van der Waals surface area contributed by atoms with Crippen molar-refractivity contribution >= 4 is 10.9 Å². The number of rotatable bonds is 4. The Hall–Kier alpha value is -1.48. The molecule has 0 saturated carbocycles. The van der Waals surface area contributed by atoms with E-state index in [0.717, 1.165) is 35.2 Å². The highest BCUT2D eigenvalue weighted by atomic mass is 19.1. The Morgan fingerprint density at radius 2 is 2.06 bits per heavy atom. The van der Waals surface area contributed by atoms with E-state index in [9.17, 15) is 4.39 Å². The second-order valence-electron chi connectivity index (χ2n) is 5.11. The normalized spacial score (nSPS) is 11.4. The van der Waals surface area contributed by atoms with Gasteiger partial charge in [0.1, 0.15) is 5.82 Å². The number of benzene rings is 1. The van der Waals surface area contributed by atoms with E-state index in [1.165, 1.54) is 6.07 Å². The second-order valence-corrected chi connectivity index (χ2v) is 5.11. The van der Waals surface area contributed by atoms with Gasteiger partial charge in [0.05, 0.1) is 5.52 Å². The molecule has 18 heavy (non-hydrogen) atoms. The molecule has 0 unspecified atom stereocenters. The Labute approximate surface area is 107 Å². The number of hydrogen-bond acceptors (Lipinski definition) is 2. The van der Waals surface area contributed by atoms with E-state index in [4.69, 9.17) is 0 Å². The lowest BCUT2D eigenvalue weighted by molar-refractivity contribution is 0.553. The van der Waals surface area contributed by atoms with Crippen LogP contribution >= 0.6 is 0 Å². The van der Waals surface area contributed by atoms with Crippen LogP contribution in [0.25, 0.3) is 10.9 Å². The number of hydrogen-bond donors (Lipinski definition) is 1. The number of aromatic nitrogens is 1. The van der Waals surface area contributed by atoms with E-state index in [1.54, 1.807) is 12.1 Å².